The van der Waals surface area contributed by atoms with Crippen molar-refractivity contribution < 1.29 is 23.4 Å². The molecular formula is C21H27FN2O4. The van der Waals surface area contributed by atoms with Gasteiger partial charge in [0.1, 0.15) is 0 Å². The topological polar surface area (TPSA) is 60.0 Å². The molecule has 28 heavy (non-hydrogen) atoms. The lowest BCUT2D eigenvalue weighted by molar-refractivity contribution is -0.122. The van der Waals surface area contributed by atoms with E-state index in [1.54, 1.807) is 32.4 Å². The van der Waals surface area contributed by atoms with Crippen LogP contribution >= 0.6 is 0 Å². The van der Waals surface area contributed by atoms with E-state index in [-0.39, 0.29) is 18.2 Å². The molecule has 152 valence electrons. The number of rotatable bonds is 10. The van der Waals surface area contributed by atoms with Crippen LogP contribution in [0.2, 0.25) is 0 Å². The normalized spacial score (nSPS) is 10.6. The molecular weight excluding hydrogens is 363 g/mol. The third kappa shape index (κ3) is 5.85. The molecule has 0 radical (unpaired) electrons. The molecule has 6 nitrogen and oxygen atoms in total. The van der Waals surface area contributed by atoms with Crippen LogP contribution in [0.5, 0.6) is 17.2 Å². The second kappa shape index (κ2) is 10.5. The lowest BCUT2D eigenvalue weighted by atomic mass is 10.2. The molecule has 0 atom stereocenters. The van der Waals surface area contributed by atoms with Gasteiger partial charge < -0.3 is 19.5 Å². The van der Waals surface area contributed by atoms with Crippen molar-refractivity contribution in [3.05, 3.63) is 53.3 Å². The number of hydrogen-bond acceptors (Lipinski definition) is 5. The van der Waals surface area contributed by atoms with Crippen LogP contribution in [0.1, 0.15) is 18.1 Å². The Balaban J connectivity index is 1.91. The van der Waals surface area contributed by atoms with E-state index in [1.807, 2.05) is 24.0 Å². The minimum atomic E-state index is -0.408. The molecule has 0 saturated carbocycles. The molecule has 0 aliphatic heterocycles. The average Bonchev–Trinajstić information content (AvgIpc) is 2.71. The Morgan fingerprint density at radius 3 is 2.21 bits per heavy atom. The van der Waals surface area contributed by atoms with Gasteiger partial charge in [-0.25, -0.2) is 4.39 Å². The van der Waals surface area contributed by atoms with E-state index < -0.39 is 5.82 Å². The molecule has 2 rings (SSSR count). The van der Waals surface area contributed by atoms with Crippen molar-refractivity contribution in [3.63, 3.8) is 0 Å². The van der Waals surface area contributed by atoms with Crippen LogP contribution in [0.25, 0.3) is 0 Å². The molecule has 0 saturated heterocycles. The van der Waals surface area contributed by atoms with E-state index in [4.69, 9.17) is 14.2 Å². The summed E-state index contributed by atoms with van der Waals surface area (Å²) >= 11 is 0. The van der Waals surface area contributed by atoms with Crippen molar-refractivity contribution >= 4 is 5.91 Å². The van der Waals surface area contributed by atoms with Gasteiger partial charge in [0.15, 0.2) is 23.1 Å². The predicted molar refractivity (Wildman–Crippen MR) is 105 cm³/mol. The number of carbonyl (C=O) groups is 1. The zero-order valence-corrected chi connectivity index (χ0v) is 16.8. The van der Waals surface area contributed by atoms with Gasteiger partial charge in [-0.2, -0.15) is 0 Å². The number of methoxy groups -OCH3 is 3. The number of hydrogen-bond donors (Lipinski definition) is 1. The van der Waals surface area contributed by atoms with Crippen LogP contribution < -0.4 is 19.5 Å². The van der Waals surface area contributed by atoms with Gasteiger partial charge in [-0.05, 0) is 41.9 Å². The van der Waals surface area contributed by atoms with E-state index in [0.29, 0.717) is 31.1 Å². The summed E-state index contributed by atoms with van der Waals surface area (Å²) in [4.78, 5) is 14.3. The number of nitrogens with one attached hydrogen (secondary N) is 1. The minimum absolute atomic E-state index is 0.106. The van der Waals surface area contributed by atoms with Crippen LogP contribution in [0.4, 0.5) is 4.39 Å². The number of likely N-dealkylation sites (N-methyl/N-ethyl adjacent to an activating group) is 1. The Morgan fingerprint density at radius 2 is 1.61 bits per heavy atom. The Kier molecular flexibility index (Phi) is 8.07. The summed E-state index contributed by atoms with van der Waals surface area (Å²) in [6, 6.07) is 10.3. The van der Waals surface area contributed by atoms with Gasteiger partial charge in [-0.15, -0.1) is 0 Å². The summed E-state index contributed by atoms with van der Waals surface area (Å²) in [5.74, 6) is 0.950. The third-order valence-electron chi connectivity index (χ3n) is 4.37. The van der Waals surface area contributed by atoms with Crippen molar-refractivity contribution in [3.8, 4) is 17.2 Å². The van der Waals surface area contributed by atoms with Crippen molar-refractivity contribution in [2.24, 2.45) is 0 Å². The first kappa shape index (κ1) is 21.5. The summed E-state index contributed by atoms with van der Waals surface area (Å²) in [5, 5.41) is 2.90. The number of halogens is 1. The maximum atomic E-state index is 13.8. The Morgan fingerprint density at radius 1 is 0.964 bits per heavy atom. The van der Waals surface area contributed by atoms with E-state index in [0.717, 1.165) is 11.1 Å². The molecule has 0 heterocycles. The highest BCUT2D eigenvalue weighted by Gasteiger charge is 2.12. The van der Waals surface area contributed by atoms with Crippen LogP contribution in [0.15, 0.2) is 36.4 Å². The molecule has 2 aromatic rings. The number of nitrogens with zero attached hydrogens (tertiary/aromatic N) is 1. The maximum absolute atomic E-state index is 13.8. The molecule has 0 bridgehead atoms. The number of benzene rings is 2. The zero-order valence-electron chi connectivity index (χ0n) is 16.8. The highest BCUT2D eigenvalue weighted by atomic mass is 19.1. The first-order valence-corrected chi connectivity index (χ1v) is 9.03. The van der Waals surface area contributed by atoms with Crippen LogP contribution in [-0.2, 0) is 17.9 Å². The molecule has 0 unspecified atom stereocenters. The highest BCUT2D eigenvalue weighted by molar-refractivity contribution is 5.78. The summed E-state index contributed by atoms with van der Waals surface area (Å²) in [6.45, 7) is 3.70. The van der Waals surface area contributed by atoms with Crippen molar-refractivity contribution in [1.29, 1.82) is 0 Å². The van der Waals surface area contributed by atoms with Gasteiger partial charge in [0, 0.05) is 13.1 Å². The lowest BCUT2D eigenvalue weighted by Crippen LogP contribution is -2.36. The van der Waals surface area contributed by atoms with E-state index in [1.165, 1.54) is 13.2 Å². The fourth-order valence-corrected chi connectivity index (χ4v) is 2.80. The first-order valence-electron chi connectivity index (χ1n) is 9.03. The van der Waals surface area contributed by atoms with Crippen molar-refractivity contribution in [1.82, 2.24) is 10.2 Å². The van der Waals surface area contributed by atoms with Gasteiger partial charge in [-0.3, -0.25) is 9.69 Å². The minimum Gasteiger partial charge on any atom is -0.494 e. The van der Waals surface area contributed by atoms with Gasteiger partial charge in [0.25, 0.3) is 0 Å². The second-order valence-corrected chi connectivity index (χ2v) is 6.24. The Hall–Kier alpha value is -2.80. The van der Waals surface area contributed by atoms with E-state index >= 15 is 0 Å². The van der Waals surface area contributed by atoms with Crippen molar-refractivity contribution in [2.45, 2.75) is 20.0 Å². The zero-order chi connectivity index (χ0) is 20.5. The fourth-order valence-electron chi connectivity index (χ4n) is 2.80. The van der Waals surface area contributed by atoms with Gasteiger partial charge in [0.2, 0.25) is 5.91 Å². The van der Waals surface area contributed by atoms with E-state index in [2.05, 4.69) is 5.32 Å². The maximum Gasteiger partial charge on any atom is 0.234 e. The van der Waals surface area contributed by atoms with Gasteiger partial charge in [-0.1, -0.05) is 19.1 Å². The van der Waals surface area contributed by atoms with Crippen LogP contribution in [-0.4, -0.2) is 45.2 Å². The molecule has 2 aromatic carbocycles. The number of carbonyl (C=O) groups excluding carboxylic acids is 1. The molecule has 0 aliphatic rings. The SMILES string of the molecule is CCN(CC(=O)NCc1ccc(OC)c(OC)c1)Cc1ccc(OC)c(F)c1. The molecule has 1 N–H and O–H groups in total. The monoisotopic (exact) mass is 390 g/mol. The lowest BCUT2D eigenvalue weighted by Gasteiger charge is -2.20. The summed E-state index contributed by atoms with van der Waals surface area (Å²) < 4.78 is 29.3. The van der Waals surface area contributed by atoms with Gasteiger partial charge >= 0.3 is 0 Å². The summed E-state index contributed by atoms with van der Waals surface area (Å²) in [7, 11) is 4.58. The smallest absolute Gasteiger partial charge is 0.234 e. The molecule has 0 aliphatic carbocycles. The number of amides is 1. The first-order chi connectivity index (χ1) is 13.5. The fraction of sp³-hybridized carbons (Fsp3) is 0.381. The third-order valence-corrected chi connectivity index (χ3v) is 4.37. The van der Waals surface area contributed by atoms with Gasteiger partial charge in [0.05, 0.1) is 27.9 Å². The van der Waals surface area contributed by atoms with Crippen molar-refractivity contribution in [2.75, 3.05) is 34.4 Å². The molecule has 0 spiro atoms. The highest BCUT2D eigenvalue weighted by Crippen LogP contribution is 2.27. The van der Waals surface area contributed by atoms with Crippen LogP contribution in [0, 0.1) is 5.82 Å². The van der Waals surface area contributed by atoms with Crippen LogP contribution in [0.3, 0.4) is 0 Å². The Bertz CT molecular complexity index is 798. The largest absolute Gasteiger partial charge is 0.494 e. The Labute approximate surface area is 165 Å². The quantitative estimate of drug-likeness (QED) is 0.676. The van der Waals surface area contributed by atoms with E-state index in [9.17, 15) is 9.18 Å². The molecule has 0 aromatic heterocycles. The predicted octanol–water partition coefficient (Wildman–Crippen LogP) is 2.99. The molecule has 1 amide bonds. The average molecular weight is 390 g/mol. The summed E-state index contributed by atoms with van der Waals surface area (Å²) in [6.07, 6.45) is 0. The second-order valence-electron chi connectivity index (χ2n) is 6.24. The molecule has 7 heteroatoms. The molecule has 0 fully saturated rings. The number of ether oxygens (including phenoxy) is 3. The summed E-state index contributed by atoms with van der Waals surface area (Å²) in [5.41, 5.74) is 1.69. The standard InChI is InChI=1S/C21H27FN2O4/c1-5-24(13-16-7-8-18(26-2)17(22)10-16)14-21(25)23-12-15-6-9-19(27-3)20(11-15)28-4/h6-11H,5,12-14H2,1-4H3,(H,23,25).